The molecule has 118 valence electrons. The van der Waals surface area contributed by atoms with E-state index < -0.39 is 0 Å². The Kier molecular flexibility index (Phi) is 10.5. The topological polar surface area (TPSA) is 54.0 Å². The lowest BCUT2D eigenvalue weighted by Gasteiger charge is -2.29. The molecule has 20 heavy (non-hydrogen) atoms. The third-order valence-corrected chi connectivity index (χ3v) is 4.38. The fraction of sp³-hybridized carbons (Fsp3) is 0.692. The number of amides is 1. The molecule has 0 spiro atoms. The molecule has 1 amide bonds. The lowest BCUT2D eigenvalue weighted by molar-refractivity contribution is -0.126. The van der Waals surface area contributed by atoms with Gasteiger partial charge in [0.2, 0.25) is 5.91 Å². The normalized spacial score (nSPS) is 14.4. The Morgan fingerprint density at radius 2 is 2.10 bits per heavy atom. The minimum absolute atomic E-state index is 0. The third kappa shape index (κ3) is 5.56. The monoisotopic (exact) mass is 341 g/mol. The average molecular weight is 342 g/mol. The molecule has 2 atom stereocenters. The summed E-state index contributed by atoms with van der Waals surface area (Å²) in [7, 11) is 1.85. The van der Waals surface area contributed by atoms with Crippen LogP contribution < -0.4 is 10.6 Å². The second-order valence-corrected chi connectivity index (χ2v) is 5.79. The number of aromatic nitrogens is 1. The molecule has 0 aromatic carbocycles. The van der Waals surface area contributed by atoms with Crippen molar-refractivity contribution >= 4 is 42.1 Å². The van der Waals surface area contributed by atoms with E-state index >= 15 is 0 Å². The van der Waals surface area contributed by atoms with Crippen molar-refractivity contribution in [1.82, 2.24) is 15.6 Å². The first-order valence-electron chi connectivity index (χ1n) is 6.32. The molecule has 0 radical (unpaired) electrons. The molecule has 0 aliphatic rings. The fourth-order valence-corrected chi connectivity index (χ4v) is 2.68. The largest absolute Gasteiger partial charge is 0.344 e. The van der Waals surface area contributed by atoms with Gasteiger partial charge >= 0.3 is 0 Å². The summed E-state index contributed by atoms with van der Waals surface area (Å²) in [6.07, 6.45) is 0.831. The molecule has 1 rings (SSSR count). The Morgan fingerprint density at radius 1 is 1.50 bits per heavy atom. The predicted octanol–water partition coefficient (Wildman–Crippen LogP) is 2.89. The van der Waals surface area contributed by atoms with Gasteiger partial charge < -0.3 is 10.6 Å². The number of carbonyl (C=O) groups excluding carboxylic acids is 1. The smallest absolute Gasteiger partial charge is 0.224 e. The number of aryl methyl sites for hydroxylation is 1. The standard InChI is InChI=1S/C13H23N3OS.2ClH/c1-6-13(4,12-15-10(3)8-18-12)16-11(17)9(2)7-14-5;;/h8-9,14H,6-7H2,1-5H3,(H,16,17);2*1H. The maximum absolute atomic E-state index is 12.1. The molecule has 2 unspecified atom stereocenters. The van der Waals surface area contributed by atoms with Crippen molar-refractivity contribution in [2.75, 3.05) is 13.6 Å². The van der Waals surface area contributed by atoms with Gasteiger partial charge in [0, 0.05) is 23.5 Å². The summed E-state index contributed by atoms with van der Waals surface area (Å²) in [4.78, 5) is 16.6. The van der Waals surface area contributed by atoms with Crippen LogP contribution in [-0.2, 0) is 10.3 Å². The molecule has 1 aromatic rings. The highest BCUT2D eigenvalue weighted by Crippen LogP contribution is 2.27. The lowest BCUT2D eigenvalue weighted by atomic mass is 9.98. The van der Waals surface area contributed by atoms with Crippen molar-refractivity contribution < 1.29 is 4.79 Å². The van der Waals surface area contributed by atoms with Crippen LogP contribution in [0.1, 0.15) is 37.9 Å². The number of rotatable bonds is 6. The van der Waals surface area contributed by atoms with Crippen LogP contribution in [0.3, 0.4) is 0 Å². The van der Waals surface area contributed by atoms with Crippen molar-refractivity contribution in [3.63, 3.8) is 0 Å². The Morgan fingerprint density at radius 3 is 2.50 bits per heavy atom. The van der Waals surface area contributed by atoms with Gasteiger partial charge in [-0.2, -0.15) is 0 Å². The summed E-state index contributed by atoms with van der Waals surface area (Å²) in [6, 6.07) is 0. The second-order valence-electron chi connectivity index (χ2n) is 4.93. The SMILES string of the molecule is CCC(C)(NC(=O)C(C)CNC)c1nc(C)cs1.Cl.Cl. The van der Waals surface area contributed by atoms with E-state index in [1.165, 1.54) is 0 Å². The van der Waals surface area contributed by atoms with Crippen LogP contribution in [0.4, 0.5) is 0 Å². The Hall–Kier alpha value is -0.360. The Bertz CT molecular complexity index is 414. The second kappa shape index (κ2) is 9.55. The molecular weight excluding hydrogens is 317 g/mol. The summed E-state index contributed by atoms with van der Waals surface area (Å²) in [6.45, 7) is 8.69. The van der Waals surface area contributed by atoms with Gasteiger partial charge in [0.15, 0.2) is 0 Å². The van der Waals surface area contributed by atoms with Crippen LogP contribution in [0, 0.1) is 12.8 Å². The maximum atomic E-state index is 12.1. The van der Waals surface area contributed by atoms with Gasteiger partial charge in [-0.1, -0.05) is 13.8 Å². The highest BCUT2D eigenvalue weighted by molar-refractivity contribution is 7.09. The van der Waals surface area contributed by atoms with E-state index in [9.17, 15) is 4.79 Å². The zero-order valence-electron chi connectivity index (χ0n) is 12.6. The van der Waals surface area contributed by atoms with E-state index in [1.54, 1.807) is 11.3 Å². The van der Waals surface area contributed by atoms with Gasteiger partial charge in [0.1, 0.15) is 5.01 Å². The fourth-order valence-electron chi connectivity index (χ4n) is 1.69. The molecule has 0 fully saturated rings. The van der Waals surface area contributed by atoms with Gasteiger partial charge in [-0.05, 0) is 27.3 Å². The molecule has 0 bridgehead atoms. The van der Waals surface area contributed by atoms with Crippen molar-refractivity contribution in [3.8, 4) is 0 Å². The van der Waals surface area contributed by atoms with Crippen LogP contribution in [0.15, 0.2) is 5.38 Å². The summed E-state index contributed by atoms with van der Waals surface area (Å²) in [5, 5.41) is 9.15. The van der Waals surface area contributed by atoms with E-state index in [0.717, 1.165) is 17.1 Å². The first-order chi connectivity index (χ1) is 8.42. The van der Waals surface area contributed by atoms with Crippen LogP contribution in [0.5, 0.6) is 0 Å². The van der Waals surface area contributed by atoms with Crippen molar-refractivity contribution in [2.24, 2.45) is 5.92 Å². The predicted molar refractivity (Wildman–Crippen MR) is 90.2 cm³/mol. The minimum Gasteiger partial charge on any atom is -0.344 e. The first-order valence-corrected chi connectivity index (χ1v) is 7.20. The summed E-state index contributed by atoms with van der Waals surface area (Å²) < 4.78 is 0. The van der Waals surface area contributed by atoms with E-state index in [1.807, 2.05) is 33.2 Å². The molecule has 1 heterocycles. The molecule has 0 saturated heterocycles. The van der Waals surface area contributed by atoms with E-state index in [4.69, 9.17) is 0 Å². The van der Waals surface area contributed by atoms with E-state index in [-0.39, 0.29) is 42.2 Å². The summed E-state index contributed by atoms with van der Waals surface area (Å²) in [5.41, 5.74) is 0.644. The Labute approximate surface area is 138 Å². The Balaban J connectivity index is 0. The molecule has 0 aliphatic carbocycles. The van der Waals surface area contributed by atoms with E-state index in [0.29, 0.717) is 6.54 Å². The average Bonchev–Trinajstić information content (AvgIpc) is 2.76. The number of hydrogen-bond donors (Lipinski definition) is 2. The van der Waals surface area contributed by atoms with Crippen molar-refractivity contribution in [1.29, 1.82) is 0 Å². The van der Waals surface area contributed by atoms with Gasteiger partial charge in [-0.3, -0.25) is 4.79 Å². The van der Waals surface area contributed by atoms with Gasteiger partial charge in [-0.25, -0.2) is 4.98 Å². The maximum Gasteiger partial charge on any atom is 0.224 e. The molecule has 7 heteroatoms. The van der Waals surface area contributed by atoms with Crippen LogP contribution in [0.2, 0.25) is 0 Å². The van der Waals surface area contributed by atoms with Gasteiger partial charge in [0.25, 0.3) is 0 Å². The molecule has 4 nitrogen and oxygen atoms in total. The first kappa shape index (κ1) is 21.9. The van der Waals surface area contributed by atoms with Gasteiger partial charge in [-0.15, -0.1) is 36.2 Å². The van der Waals surface area contributed by atoms with Crippen LogP contribution >= 0.6 is 36.2 Å². The van der Waals surface area contributed by atoms with Crippen molar-refractivity contribution in [2.45, 2.75) is 39.7 Å². The summed E-state index contributed by atoms with van der Waals surface area (Å²) in [5.74, 6) is 0.0310. The zero-order chi connectivity index (χ0) is 13.8. The molecule has 2 N–H and O–H groups in total. The number of halogens is 2. The zero-order valence-corrected chi connectivity index (χ0v) is 15.1. The van der Waals surface area contributed by atoms with Crippen LogP contribution in [0.25, 0.3) is 0 Å². The van der Waals surface area contributed by atoms with Crippen LogP contribution in [-0.4, -0.2) is 24.5 Å². The van der Waals surface area contributed by atoms with Gasteiger partial charge in [0.05, 0.1) is 5.54 Å². The molecule has 0 aliphatic heterocycles. The highest BCUT2D eigenvalue weighted by Gasteiger charge is 2.30. The summed E-state index contributed by atoms with van der Waals surface area (Å²) >= 11 is 1.61. The van der Waals surface area contributed by atoms with E-state index in [2.05, 4.69) is 22.5 Å². The number of hydrogen-bond acceptors (Lipinski definition) is 4. The minimum atomic E-state index is -0.363. The number of nitrogens with one attached hydrogen (secondary N) is 2. The highest BCUT2D eigenvalue weighted by atomic mass is 35.5. The number of nitrogens with zero attached hydrogens (tertiary/aromatic N) is 1. The quantitative estimate of drug-likeness (QED) is 0.836. The third-order valence-electron chi connectivity index (χ3n) is 3.16. The molecule has 1 aromatic heterocycles. The number of carbonyl (C=O) groups is 1. The van der Waals surface area contributed by atoms with Crippen molar-refractivity contribution in [3.05, 3.63) is 16.1 Å². The molecular formula is C13H25Cl2N3OS. The lowest BCUT2D eigenvalue weighted by Crippen LogP contribution is -2.46. The number of thiazole rings is 1. The molecule has 0 saturated carbocycles.